The number of rotatable bonds is 3. The first kappa shape index (κ1) is 12.7. The Morgan fingerprint density at radius 2 is 2.06 bits per heavy atom. The lowest BCUT2D eigenvalue weighted by Gasteiger charge is -2.25. The van der Waals surface area contributed by atoms with E-state index in [1.807, 2.05) is 20.8 Å². The van der Waals surface area contributed by atoms with Gasteiger partial charge in [-0.3, -0.25) is 4.90 Å². The molecule has 0 spiro atoms. The zero-order valence-corrected chi connectivity index (χ0v) is 11.2. The van der Waals surface area contributed by atoms with E-state index in [1.165, 1.54) is 32.2 Å². The number of carbonyl (C=O) groups excluding carboxylic acids is 1. The molecule has 0 aromatic carbocycles. The monoisotopic (exact) mass is 240 g/mol. The Kier molecular flexibility index (Phi) is 3.61. The van der Waals surface area contributed by atoms with Gasteiger partial charge >= 0.3 is 6.09 Å². The van der Waals surface area contributed by atoms with Crippen molar-refractivity contribution < 1.29 is 9.53 Å². The lowest BCUT2D eigenvalue weighted by Crippen LogP contribution is -2.42. The fraction of sp³-hybridized carbons (Fsp3) is 0.923. The fourth-order valence-electron chi connectivity index (χ4n) is 2.48. The maximum absolute atomic E-state index is 11.6. The van der Waals surface area contributed by atoms with E-state index in [-0.39, 0.29) is 6.09 Å². The van der Waals surface area contributed by atoms with Crippen molar-refractivity contribution >= 4 is 6.09 Å². The smallest absolute Gasteiger partial charge is 0.407 e. The van der Waals surface area contributed by atoms with Crippen molar-refractivity contribution in [1.82, 2.24) is 10.2 Å². The Bertz CT molecular complexity index is 282. The highest BCUT2D eigenvalue weighted by Gasteiger charge is 2.36. The number of hydrogen-bond donors (Lipinski definition) is 1. The Hall–Kier alpha value is -0.770. The minimum absolute atomic E-state index is 0.292. The Morgan fingerprint density at radius 3 is 2.65 bits per heavy atom. The van der Waals surface area contributed by atoms with Crippen LogP contribution < -0.4 is 5.32 Å². The van der Waals surface area contributed by atoms with Crippen LogP contribution in [0.25, 0.3) is 0 Å². The van der Waals surface area contributed by atoms with Crippen LogP contribution in [-0.2, 0) is 4.74 Å². The quantitative estimate of drug-likeness (QED) is 0.821. The van der Waals surface area contributed by atoms with Gasteiger partial charge in [0.05, 0.1) is 0 Å². The van der Waals surface area contributed by atoms with Gasteiger partial charge in [0, 0.05) is 18.6 Å². The molecule has 17 heavy (non-hydrogen) atoms. The fourth-order valence-corrected chi connectivity index (χ4v) is 2.48. The number of nitrogens with one attached hydrogen (secondary N) is 1. The molecule has 1 amide bonds. The highest BCUT2D eigenvalue weighted by atomic mass is 16.6. The molecule has 1 saturated heterocycles. The predicted molar refractivity (Wildman–Crippen MR) is 67.0 cm³/mol. The van der Waals surface area contributed by atoms with Crippen molar-refractivity contribution in [2.24, 2.45) is 0 Å². The van der Waals surface area contributed by atoms with Gasteiger partial charge < -0.3 is 10.1 Å². The molecule has 1 saturated carbocycles. The molecule has 1 heterocycles. The van der Waals surface area contributed by atoms with Crippen LogP contribution in [0.5, 0.6) is 0 Å². The SMILES string of the molecule is CC(C)(C)OC(=O)NC[C@H]1CCCN1C1CC1. The number of carbonyl (C=O) groups is 1. The first-order valence-corrected chi connectivity index (χ1v) is 6.68. The number of amides is 1. The molecular weight excluding hydrogens is 216 g/mol. The van der Waals surface area contributed by atoms with Gasteiger partial charge in [-0.2, -0.15) is 0 Å². The molecule has 0 aromatic rings. The molecule has 2 fully saturated rings. The van der Waals surface area contributed by atoms with Gasteiger partial charge in [0.2, 0.25) is 0 Å². The second-order valence-corrected chi connectivity index (χ2v) is 6.15. The van der Waals surface area contributed by atoms with Crippen molar-refractivity contribution in [3.63, 3.8) is 0 Å². The van der Waals surface area contributed by atoms with Crippen LogP contribution in [0.1, 0.15) is 46.5 Å². The largest absolute Gasteiger partial charge is 0.444 e. The number of likely N-dealkylation sites (tertiary alicyclic amines) is 1. The van der Waals surface area contributed by atoms with Gasteiger partial charge in [-0.1, -0.05) is 0 Å². The highest BCUT2D eigenvalue weighted by molar-refractivity contribution is 5.67. The van der Waals surface area contributed by atoms with E-state index < -0.39 is 5.60 Å². The van der Waals surface area contributed by atoms with Crippen LogP contribution in [0.3, 0.4) is 0 Å². The molecule has 1 aliphatic heterocycles. The summed E-state index contributed by atoms with van der Waals surface area (Å²) in [6, 6.07) is 1.32. The predicted octanol–water partition coefficient (Wildman–Crippen LogP) is 2.14. The van der Waals surface area contributed by atoms with E-state index in [1.54, 1.807) is 0 Å². The molecule has 0 bridgehead atoms. The van der Waals surface area contributed by atoms with Gasteiger partial charge in [0.15, 0.2) is 0 Å². The summed E-state index contributed by atoms with van der Waals surface area (Å²) in [5, 5.41) is 2.89. The molecule has 2 rings (SSSR count). The van der Waals surface area contributed by atoms with Crippen molar-refractivity contribution in [2.45, 2.75) is 64.1 Å². The van der Waals surface area contributed by atoms with E-state index >= 15 is 0 Å². The first-order valence-electron chi connectivity index (χ1n) is 6.68. The highest BCUT2D eigenvalue weighted by Crippen LogP contribution is 2.33. The zero-order valence-electron chi connectivity index (χ0n) is 11.2. The molecule has 2 aliphatic rings. The molecule has 98 valence electrons. The van der Waals surface area contributed by atoms with E-state index in [2.05, 4.69) is 10.2 Å². The van der Waals surface area contributed by atoms with Crippen LogP contribution >= 0.6 is 0 Å². The molecule has 4 heteroatoms. The van der Waals surface area contributed by atoms with E-state index in [9.17, 15) is 4.79 Å². The second kappa shape index (κ2) is 4.84. The molecular formula is C13H24N2O2. The second-order valence-electron chi connectivity index (χ2n) is 6.15. The standard InChI is InChI=1S/C13H24N2O2/c1-13(2,3)17-12(16)14-9-11-5-4-8-15(11)10-6-7-10/h10-11H,4-9H2,1-3H3,(H,14,16)/t11-/m1/s1. The molecule has 0 unspecified atom stereocenters. The molecule has 0 aromatic heterocycles. The van der Waals surface area contributed by atoms with Gasteiger partial charge in [0.1, 0.15) is 5.60 Å². The number of nitrogens with zero attached hydrogens (tertiary/aromatic N) is 1. The molecule has 1 N–H and O–H groups in total. The summed E-state index contributed by atoms with van der Waals surface area (Å²) < 4.78 is 5.24. The van der Waals surface area contributed by atoms with E-state index in [4.69, 9.17) is 4.74 Å². The Morgan fingerprint density at radius 1 is 1.35 bits per heavy atom. The summed E-state index contributed by atoms with van der Waals surface area (Å²) in [6.07, 6.45) is 4.84. The summed E-state index contributed by atoms with van der Waals surface area (Å²) in [7, 11) is 0. The molecule has 0 radical (unpaired) electrons. The van der Waals surface area contributed by atoms with Gasteiger partial charge in [-0.15, -0.1) is 0 Å². The third kappa shape index (κ3) is 3.87. The third-order valence-corrected chi connectivity index (χ3v) is 3.32. The summed E-state index contributed by atoms with van der Waals surface area (Å²) in [5.41, 5.74) is -0.407. The van der Waals surface area contributed by atoms with Gasteiger partial charge in [-0.05, 0) is 53.0 Å². The van der Waals surface area contributed by atoms with Gasteiger partial charge in [0.25, 0.3) is 0 Å². The summed E-state index contributed by atoms with van der Waals surface area (Å²) in [5.74, 6) is 0. The van der Waals surface area contributed by atoms with Crippen LogP contribution in [0, 0.1) is 0 Å². The number of ether oxygens (including phenoxy) is 1. The first-order chi connectivity index (χ1) is 7.96. The van der Waals surface area contributed by atoms with Crippen LogP contribution in [0.4, 0.5) is 4.79 Å². The van der Waals surface area contributed by atoms with Crippen LogP contribution in [0.15, 0.2) is 0 Å². The minimum Gasteiger partial charge on any atom is -0.444 e. The lowest BCUT2D eigenvalue weighted by molar-refractivity contribution is 0.0512. The maximum Gasteiger partial charge on any atom is 0.407 e. The Balaban J connectivity index is 1.72. The zero-order chi connectivity index (χ0) is 12.5. The van der Waals surface area contributed by atoms with Crippen molar-refractivity contribution in [2.75, 3.05) is 13.1 Å². The van der Waals surface area contributed by atoms with Crippen molar-refractivity contribution in [1.29, 1.82) is 0 Å². The topological polar surface area (TPSA) is 41.6 Å². The third-order valence-electron chi connectivity index (χ3n) is 3.32. The number of hydrogen-bond acceptors (Lipinski definition) is 3. The lowest BCUT2D eigenvalue weighted by atomic mass is 10.2. The molecule has 4 nitrogen and oxygen atoms in total. The summed E-state index contributed by atoms with van der Waals surface area (Å²) >= 11 is 0. The van der Waals surface area contributed by atoms with E-state index in [0.29, 0.717) is 6.04 Å². The van der Waals surface area contributed by atoms with Gasteiger partial charge in [-0.25, -0.2) is 4.79 Å². The minimum atomic E-state index is -0.407. The maximum atomic E-state index is 11.6. The summed E-state index contributed by atoms with van der Waals surface area (Å²) in [4.78, 5) is 14.1. The summed E-state index contributed by atoms with van der Waals surface area (Å²) in [6.45, 7) is 7.59. The Labute approximate surface area is 104 Å². The van der Waals surface area contributed by atoms with Crippen molar-refractivity contribution in [3.8, 4) is 0 Å². The van der Waals surface area contributed by atoms with Crippen LogP contribution in [-0.4, -0.2) is 41.8 Å². The van der Waals surface area contributed by atoms with Crippen LogP contribution in [0.2, 0.25) is 0 Å². The average molecular weight is 240 g/mol. The number of alkyl carbamates (subject to hydrolysis) is 1. The average Bonchev–Trinajstić information content (AvgIpc) is 2.92. The molecule has 1 atom stereocenters. The van der Waals surface area contributed by atoms with Crippen molar-refractivity contribution in [3.05, 3.63) is 0 Å². The van der Waals surface area contributed by atoms with E-state index in [0.717, 1.165) is 12.6 Å². The normalized spacial score (nSPS) is 25.9. The molecule has 1 aliphatic carbocycles.